The predicted molar refractivity (Wildman–Crippen MR) is 169 cm³/mol. The number of hydrogen-bond acceptors (Lipinski definition) is 2. The van der Waals surface area contributed by atoms with Crippen molar-refractivity contribution in [2.45, 2.75) is 84.5 Å². The second-order valence-electron chi connectivity index (χ2n) is 11.1. The van der Waals surface area contributed by atoms with E-state index in [1.54, 1.807) is 0 Å². The highest BCUT2D eigenvalue weighted by Crippen LogP contribution is 2.23. The van der Waals surface area contributed by atoms with Crippen LogP contribution in [-0.4, -0.2) is 0 Å². The number of rotatable bonds is 14. The molecule has 0 saturated carbocycles. The summed E-state index contributed by atoms with van der Waals surface area (Å²) >= 11 is 0. The molecule has 2 nitrogen and oxygen atoms in total. The number of nitrogen functional groups attached to an aromatic ring is 2. The summed E-state index contributed by atoms with van der Waals surface area (Å²) in [5.74, 6) is 0. The van der Waals surface area contributed by atoms with Gasteiger partial charge in [-0.1, -0.05) is 87.4 Å². The van der Waals surface area contributed by atoms with Gasteiger partial charge in [0.15, 0.2) is 0 Å². The number of anilines is 2. The third-order valence-corrected chi connectivity index (χ3v) is 7.82. The fourth-order valence-corrected chi connectivity index (χ4v) is 5.42. The van der Waals surface area contributed by atoms with Gasteiger partial charge in [0.2, 0.25) is 0 Å². The molecule has 0 unspecified atom stereocenters. The van der Waals surface area contributed by atoms with Gasteiger partial charge in [-0.2, -0.15) is 0 Å². The lowest BCUT2D eigenvalue weighted by atomic mass is 9.91. The largest absolute Gasteiger partial charge is 0.399 e. The van der Waals surface area contributed by atoms with Crippen LogP contribution in [-0.2, 0) is 38.5 Å². The smallest absolute Gasteiger partial charge is 0.0314 e. The maximum atomic E-state index is 5.89. The third-order valence-electron chi connectivity index (χ3n) is 7.82. The maximum absolute atomic E-state index is 5.89. The van der Waals surface area contributed by atoms with Crippen molar-refractivity contribution in [1.29, 1.82) is 0 Å². The van der Waals surface area contributed by atoms with E-state index in [1.165, 1.54) is 76.6 Å². The van der Waals surface area contributed by atoms with Crippen LogP contribution in [0.3, 0.4) is 0 Å². The molecule has 4 aromatic rings. The minimum atomic E-state index is 0.828. The maximum Gasteiger partial charge on any atom is 0.0314 e. The summed E-state index contributed by atoms with van der Waals surface area (Å²) in [4.78, 5) is 0. The normalized spacial score (nSPS) is 11.1. The highest BCUT2D eigenvalue weighted by molar-refractivity contribution is 5.43. The van der Waals surface area contributed by atoms with Crippen molar-refractivity contribution in [3.63, 3.8) is 0 Å². The molecule has 0 heterocycles. The van der Waals surface area contributed by atoms with Crippen molar-refractivity contribution in [3.8, 4) is 0 Å². The molecular weight excluding hydrogens is 472 g/mol. The van der Waals surface area contributed by atoms with Gasteiger partial charge in [0, 0.05) is 11.4 Å². The molecule has 4 rings (SSSR count). The van der Waals surface area contributed by atoms with Gasteiger partial charge in [0.1, 0.15) is 0 Å². The zero-order valence-electron chi connectivity index (χ0n) is 24.0. The van der Waals surface area contributed by atoms with Crippen LogP contribution < -0.4 is 11.5 Å². The first-order chi connectivity index (χ1) is 19.0. The topological polar surface area (TPSA) is 52.0 Å². The second-order valence-corrected chi connectivity index (χ2v) is 11.1. The molecule has 0 aliphatic carbocycles. The van der Waals surface area contributed by atoms with Crippen LogP contribution >= 0.6 is 0 Å². The van der Waals surface area contributed by atoms with Crippen molar-refractivity contribution in [1.82, 2.24) is 0 Å². The van der Waals surface area contributed by atoms with Crippen LogP contribution in [0.5, 0.6) is 0 Å². The average Bonchev–Trinajstić information content (AvgIpc) is 2.95. The summed E-state index contributed by atoms with van der Waals surface area (Å²) in [6, 6.07) is 31.0. The lowest BCUT2D eigenvalue weighted by molar-refractivity contribution is 0.776. The molecule has 4 N–H and O–H groups in total. The Morgan fingerprint density at radius 3 is 1.18 bits per heavy atom. The number of hydrogen-bond donors (Lipinski definition) is 2. The third kappa shape index (κ3) is 8.75. The van der Waals surface area contributed by atoms with Crippen LogP contribution in [0.15, 0.2) is 84.9 Å². The number of aryl methyl sites for hydroxylation is 4. The Bertz CT molecular complexity index is 1200. The summed E-state index contributed by atoms with van der Waals surface area (Å²) in [5, 5.41) is 0. The van der Waals surface area contributed by atoms with E-state index in [0.717, 1.165) is 49.9 Å². The summed E-state index contributed by atoms with van der Waals surface area (Å²) in [5.41, 5.74) is 25.0. The Balaban J connectivity index is 1.41. The molecule has 0 bridgehead atoms. The van der Waals surface area contributed by atoms with Gasteiger partial charge in [0.05, 0.1) is 0 Å². The average molecular weight is 519 g/mol. The number of benzene rings is 4. The Kier molecular flexibility index (Phi) is 10.7. The van der Waals surface area contributed by atoms with Crippen LogP contribution in [0.1, 0.15) is 90.5 Å². The van der Waals surface area contributed by atoms with E-state index in [0.29, 0.717) is 0 Å². The molecule has 0 aromatic heterocycles. The molecule has 4 aromatic carbocycles. The number of unbranched alkanes of at least 4 members (excludes halogenated alkanes) is 2. The Morgan fingerprint density at radius 1 is 0.410 bits per heavy atom. The van der Waals surface area contributed by atoms with Gasteiger partial charge >= 0.3 is 0 Å². The van der Waals surface area contributed by atoms with Crippen molar-refractivity contribution < 1.29 is 0 Å². The summed E-state index contributed by atoms with van der Waals surface area (Å²) in [6.07, 6.45) is 12.6. The fraction of sp³-hybridized carbons (Fsp3) is 0.351. The van der Waals surface area contributed by atoms with Crippen molar-refractivity contribution in [3.05, 3.63) is 129 Å². The molecule has 0 fully saturated rings. The first kappa shape index (κ1) is 28.5. The van der Waals surface area contributed by atoms with Crippen molar-refractivity contribution in [2.75, 3.05) is 11.5 Å². The van der Waals surface area contributed by atoms with Crippen LogP contribution in [0.2, 0.25) is 0 Å². The van der Waals surface area contributed by atoms with Gasteiger partial charge in [-0.05, 0) is 127 Å². The lowest BCUT2D eigenvalue weighted by Gasteiger charge is -2.14. The minimum Gasteiger partial charge on any atom is -0.399 e. The molecule has 0 atom stereocenters. The minimum absolute atomic E-state index is 0.828. The fourth-order valence-electron chi connectivity index (χ4n) is 5.42. The van der Waals surface area contributed by atoms with Gasteiger partial charge in [-0.15, -0.1) is 0 Å². The van der Waals surface area contributed by atoms with E-state index in [2.05, 4.69) is 74.5 Å². The summed E-state index contributed by atoms with van der Waals surface area (Å²) in [7, 11) is 0. The van der Waals surface area contributed by atoms with Crippen molar-refractivity contribution in [2.24, 2.45) is 0 Å². The molecule has 0 spiro atoms. The van der Waals surface area contributed by atoms with Gasteiger partial charge in [0.25, 0.3) is 0 Å². The van der Waals surface area contributed by atoms with Gasteiger partial charge < -0.3 is 11.5 Å². The van der Waals surface area contributed by atoms with E-state index in [4.69, 9.17) is 11.5 Å². The molecule has 0 aliphatic rings. The lowest BCUT2D eigenvalue weighted by Crippen LogP contribution is -2.01. The summed E-state index contributed by atoms with van der Waals surface area (Å²) in [6.45, 7) is 4.55. The van der Waals surface area contributed by atoms with Gasteiger partial charge in [-0.25, -0.2) is 0 Å². The van der Waals surface area contributed by atoms with Crippen LogP contribution in [0.4, 0.5) is 11.4 Å². The summed E-state index contributed by atoms with van der Waals surface area (Å²) < 4.78 is 0. The van der Waals surface area contributed by atoms with Crippen molar-refractivity contribution >= 4 is 11.4 Å². The van der Waals surface area contributed by atoms with E-state index >= 15 is 0 Å². The first-order valence-corrected chi connectivity index (χ1v) is 14.9. The quantitative estimate of drug-likeness (QED) is 0.164. The molecule has 204 valence electrons. The number of nitrogens with two attached hydrogens (primary N) is 2. The zero-order valence-corrected chi connectivity index (χ0v) is 24.0. The van der Waals surface area contributed by atoms with E-state index < -0.39 is 0 Å². The monoisotopic (exact) mass is 518 g/mol. The van der Waals surface area contributed by atoms with Crippen LogP contribution in [0.25, 0.3) is 0 Å². The van der Waals surface area contributed by atoms with E-state index in [9.17, 15) is 0 Å². The molecule has 2 heteroatoms. The first-order valence-electron chi connectivity index (χ1n) is 14.9. The molecule has 0 radical (unpaired) electrons. The SMILES string of the molecule is CCCCc1cc(CCCc2ccc(Cc3ccc(N)cc3)c(CCCC)c2)ccc1Cc1ccc(N)cc1. The van der Waals surface area contributed by atoms with E-state index in [1.807, 2.05) is 24.3 Å². The van der Waals surface area contributed by atoms with Crippen LogP contribution in [0, 0.1) is 0 Å². The highest BCUT2D eigenvalue weighted by atomic mass is 14.5. The Morgan fingerprint density at radius 2 is 0.795 bits per heavy atom. The zero-order chi connectivity index (χ0) is 27.5. The molecule has 0 aliphatic heterocycles. The molecule has 39 heavy (non-hydrogen) atoms. The molecule has 0 amide bonds. The second kappa shape index (κ2) is 14.6. The Labute approximate surface area is 236 Å². The molecule has 0 saturated heterocycles. The highest BCUT2D eigenvalue weighted by Gasteiger charge is 2.09. The Hall–Kier alpha value is -3.52. The van der Waals surface area contributed by atoms with Gasteiger partial charge in [-0.3, -0.25) is 0 Å². The predicted octanol–water partition coefficient (Wildman–Crippen LogP) is 8.89. The standard InChI is InChI=1S/C37H46N2/c1-3-5-10-32-24-28(12-18-34(32)26-30-14-20-36(38)21-15-30)8-7-9-29-13-19-35(33(25-29)11-6-4-2)27-31-16-22-37(39)23-17-31/h12-25H,3-11,26-27,38-39H2,1-2H3. The molecular formula is C37H46N2. The van der Waals surface area contributed by atoms with E-state index in [-0.39, 0.29) is 0 Å².